The average molecular weight is 336 g/mol. The van der Waals surface area contributed by atoms with Crippen LogP contribution in [0.3, 0.4) is 0 Å². The molecule has 0 aromatic rings. The van der Waals surface area contributed by atoms with E-state index in [4.69, 9.17) is 0 Å². The van der Waals surface area contributed by atoms with Crippen LogP contribution in [0.4, 0.5) is 0 Å². The third kappa shape index (κ3) is 1.83. The number of hydrogen-bond donors (Lipinski definition) is 4. The molecule has 136 valence electrons. The van der Waals surface area contributed by atoms with Gasteiger partial charge in [-0.05, 0) is 61.2 Å². The highest BCUT2D eigenvalue weighted by atomic mass is 16.3. The van der Waals surface area contributed by atoms with Crippen LogP contribution >= 0.6 is 0 Å². The lowest BCUT2D eigenvalue weighted by atomic mass is 9.40. The van der Waals surface area contributed by atoms with Crippen molar-refractivity contribution in [2.24, 2.45) is 34.0 Å². The Morgan fingerprint density at radius 2 is 1.79 bits per heavy atom. The molecule has 0 aromatic carbocycles. The van der Waals surface area contributed by atoms with E-state index in [0.29, 0.717) is 12.3 Å². The third-order valence-electron chi connectivity index (χ3n) is 8.83. The normalized spacial score (nSPS) is 59.1. The van der Waals surface area contributed by atoms with E-state index < -0.39 is 11.7 Å². The zero-order valence-corrected chi connectivity index (χ0v) is 14.9. The van der Waals surface area contributed by atoms with Gasteiger partial charge in [0.15, 0.2) is 0 Å². The number of aliphatic hydroxyl groups excluding tert-OH is 3. The van der Waals surface area contributed by atoms with E-state index in [1.807, 2.05) is 0 Å². The Morgan fingerprint density at radius 1 is 1.04 bits per heavy atom. The van der Waals surface area contributed by atoms with Crippen LogP contribution in [0.15, 0.2) is 12.2 Å². The largest absolute Gasteiger partial charge is 0.395 e. The first-order chi connectivity index (χ1) is 11.2. The Bertz CT molecular complexity index is 562. The van der Waals surface area contributed by atoms with Gasteiger partial charge in [-0.2, -0.15) is 0 Å². The maximum atomic E-state index is 11.0. The van der Waals surface area contributed by atoms with Crippen LogP contribution in [0.2, 0.25) is 0 Å². The first kappa shape index (κ1) is 17.0. The van der Waals surface area contributed by atoms with Gasteiger partial charge < -0.3 is 20.4 Å². The summed E-state index contributed by atoms with van der Waals surface area (Å²) in [5.74, 6) is 0.597. The molecule has 8 atom stereocenters. The second-order valence-corrected chi connectivity index (χ2v) is 9.72. The number of hydrogen-bond acceptors (Lipinski definition) is 4. The SMILES string of the molecule is C[C@@]1(CO)C=CC[C@@]2(C)[C@H]1[C@H](O)C[C@@H]1C[C@@H]3C[C@@]12CC[C@]3(O)CO. The highest BCUT2D eigenvalue weighted by molar-refractivity contribution is 5.24. The molecule has 4 aliphatic rings. The van der Waals surface area contributed by atoms with Crippen LogP contribution in [-0.4, -0.2) is 45.3 Å². The van der Waals surface area contributed by atoms with Gasteiger partial charge in [0.2, 0.25) is 0 Å². The molecule has 3 saturated carbocycles. The number of allylic oxidation sites excluding steroid dienone is 1. The molecule has 1 spiro atoms. The molecule has 3 fully saturated rings. The van der Waals surface area contributed by atoms with Gasteiger partial charge in [0.1, 0.15) is 0 Å². The fourth-order valence-corrected chi connectivity index (χ4v) is 7.62. The van der Waals surface area contributed by atoms with E-state index in [1.54, 1.807) is 0 Å². The van der Waals surface area contributed by atoms with Gasteiger partial charge in [0.05, 0.1) is 24.9 Å². The van der Waals surface area contributed by atoms with Crippen molar-refractivity contribution in [2.45, 2.75) is 64.1 Å². The molecule has 0 aliphatic heterocycles. The summed E-state index contributed by atoms with van der Waals surface area (Å²) in [5.41, 5.74) is -1.27. The van der Waals surface area contributed by atoms with Gasteiger partial charge in [-0.1, -0.05) is 26.0 Å². The molecule has 24 heavy (non-hydrogen) atoms. The zero-order valence-electron chi connectivity index (χ0n) is 14.9. The van der Waals surface area contributed by atoms with Gasteiger partial charge in [-0.15, -0.1) is 0 Å². The minimum atomic E-state index is -0.940. The van der Waals surface area contributed by atoms with Crippen LogP contribution in [-0.2, 0) is 0 Å². The summed E-state index contributed by atoms with van der Waals surface area (Å²) >= 11 is 0. The lowest BCUT2D eigenvalue weighted by molar-refractivity contribution is -0.198. The number of rotatable bonds is 2. The second kappa shape index (κ2) is 5.06. The van der Waals surface area contributed by atoms with Crippen molar-refractivity contribution >= 4 is 0 Å². The number of fused-ring (bicyclic) bond motifs is 2. The van der Waals surface area contributed by atoms with Crippen molar-refractivity contribution in [3.8, 4) is 0 Å². The molecule has 4 heteroatoms. The van der Waals surface area contributed by atoms with E-state index in [2.05, 4.69) is 26.0 Å². The molecule has 0 radical (unpaired) electrons. The van der Waals surface area contributed by atoms with Gasteiger partial charge in [0.25, 0.3) is 0 Å². The van der Waals surface area contributed by atoms with Crippen LogP contribution in [0.25, 0.3) is 0 Å². The quantitative estimate of drug-likeness (QED) is 0.580. The molecular formula is C20H32O4. The first-order valence-electron chi connectivity index (χ1n) is 9.55. The Labute approximate surface area is 144 Å². The highest BCUT2D eigenvalue weighted by Crippen LogP contribution is 2.74. The fourth-order valence-electron chi connectivity index (χ4n) is 7.62. The molecule has 0 heterocycles. The fraction of sp³-hybridized carbons (Fsp3) is 0.900. The zero-order chi connectivity index (χ0) is 17.4. The smallest absolute Gasteiger partial charge is 0.0905 e. The van der Waals surface area contributed by atoms with E-state index in [9.17, 15) is 20.4 Å². The summed E-state index contributed by atoms with van der Waals surface area (Å²) in [5, 5.41) is 41.7. The topological polar surface area (TPSA) is 80.9 Å². The van der Waals surface area contributed by atoms with Gasteiger partial charge in [-0.3, -0.25) is 0 Å². The molecule has 4 nitrogen and oxygen atoms in total. The first-order valence-corrected chi connectivity index (χ1v) is 9.55. The monoisotopic (exact) mass is 336 g/mol. The van der Waals surface area contributed by atoms with Gasteiger partial charge in [-0.25, -0.2) is 0 Å². The van der Waals surface area contributed by atoms with Crippen molar-refractivity contribution in [1.82, 2.24) is 0 Å². The molecule has 0 unspecified atom stereocenters. The molecular weight excluding hydrogens is 304 g/mol. The summed E-state index contributed by atoms with van der Waals surface area (Å²) < 4.78 is 0. The maximum Gasteiger partial charge on any atom is 0.0905 e. The van der Waals surface area contributed by atoms with Crippen LogP contribution in [0.5, 0.6) is 0 Å². The van der Waals surface area contributed by atoms with Crippen molar-refractivity contribution in [3.63, 3.8) is 0 Å². The second-order valence-electron chi connectivity index (χ2n) is 9.72. The summed E-state index contributed by atoms with van der Waals surface area (Å²) in [6.07, 6.45) is 9.04. The van der Waals surface area contributed by atoms with Gasteiger partial charge >= 0.3 is 0 Å². The maximum absolute atomic E-state index is 11.0. The Morgan fingerprint density at radius 3 is 2.46 bits per heavy atom. The predicted molar refractivity (Wildman–Crippen MR) is 91.1 cm³/mol. The molecule has 0 saturated heterocycles. The minimum absolute atomic E-state index is 0.0512. The summed E-state index contributed by atoms with van der Waals surface area (Å²) in [4.78, 5) is 0. The van der Waals surface area contributed by atoms with E-state index >= 15 is 0 Å². The van der Waals surface area contributed by atoms with Crippen LogP contribution in [0.1, 0.15) is 52.4 Å². The summed E-state index contributed by atoms with van der Waals surface area (Å²) in [6.45, 7) is 4.30. The Balaban J connectivity index is 1.80. The third-order valence-corrected chi connectivity index (χ3v) is 8.83. The molecule has 0 amide bonds. The van der Waals surface area contributed by atoms with Crippen LogP contribution < -0.4 is 0 Å². The highest BCUT2D eigenvalue weighted by Gasteiger charge is 2.70. The Kier molecular flexibility index (Phi) is 3.59. The minimum Gasteiger partial charge on any atom is -0.395 e. The number of aliphatic hydroxyl groups is 4. The Hall–Kier alpha value is -0.420. The van der Waals surface area contributed by atoms with Crippen molar-refractivity contribution in [1.29, 1.82) is 0 Å². The molecule has 4 N–H and O–H groups in total. The summed E-state index contributed by atoms with van der Waals surface area (Å²) in [6, 6.07) is 0. The van der Waals surface area contributed by atoms with Crippen molar-refractivity contribution < 1.29 is 20.4 Å². The van der Waals surface area contributed by atoms with E-state index in [0.717, 1.165) is 32.1 Å². The van der Waals surface area contributed by atoms with Crippen molar-refractivity contribution in [2.75, 3.05) is 13.2 Å². The predicted octanol–water partition coefficient (Wildman–Crippen LogP) is 1.86. The van der Waals surface area contributed by atoms with Crippen LogP contribution in [0, 0.1) is 34.0 Å². The lowest BCUT2D eigenvalue weighted by Gasteiger charge is -2.65. The molecule has 4 aliphatic carbocycles. The summed E-state index contributed by atoms with van der Waals surface area (Å²) in [7, 11) is 0. The lowest BCUT2D eigenvalue weighted by Crippen LogP contribution is -2.63. The average Bonchev–Trinajstić information content (AvgIpc) is 2.88. The van der Waals surface area contributed by atoms with Gasteiger partial charge in [0, 0.05) is 11.3 Å². The van der Waals surface area contributed by atoms with Crippen molar-refractivity contribution in [3.05, 3.63) is 12.2 Å². The molecule has 4 rings (SSSR count). The molecule has 0 aromatic heterocycles. The molecule has 2 bridgehead atoms. The standard InChI is InChI=1S/C20H32O4/c1-17(11-21)4-3-5-18(2)16(17)15(23)9-13-8-14-10-19(13,18)6-7-20(14,24)12-22/h3-4,13-16,21-24H,5-12H2,1-2H3/t13-,14+,15+,16-,17-,18-,19-,20-/m0/s1. The van der Waals surface area contributed by atoms with E-state index in [-0.39, 0.29) is 41.3 Å². The van der Waals surface area contributed by atoms with E-state index in [1.165, 1.54) is 0 Å².